The third-order valence-electron chi connectivity index (χ3n) is 3.41. The summed E-state index contributed by atoms with van der Waals surface area (Å²) in [5.41, 5.74) is 3.64. The summed E-state index contributed by atoms with van der Waals surface area (Å²) in [4.78, 5) is 0. The molecule has 88 valence electrons. The van der Waals surface area contributed by atoms with E-state index < -0.39 is 0 Å². The van der Waals surface area contributed by atoms with Crippen molar-refractivity contribution in [1.82, 2.24) is 9.78 Å². The molecule has 0 aliphatic heterocycles. The summed E-state index contributed by atoms with van der Waals surface area (Å²) in [6.07, 6.45) is 7.21. The van der Waals surface area contributed by atoms with Crippen LogP contribution < -0.4 is 0 Å². The van der Waals surface area contributed by atoms with Crippen molar-refractivity contribution >= 4 is 28.1 Å². The van der Waals surface area contributed by atoms with Gasteiger partial charge >= 0.3 is 0 Å². The van der Waals surface area contributed by atoms with Crippen LogP contribution >= 0.6 is 11.6 Å². The van der Waals surface area contributed by atoms with E-state index in [1.165, 1.54) is 30.2 Å². The average Bonchev–Trinajstić information content (AvgIpc) is 2.67. The molecule has 0 spiro atoms. The van der Waals surface area contributed by atoms with Crippen molar-refractivity contribution in [2.45, 2.75) is 25.7 Å². The average molecular weight is 247 g/mol. The highest BCUT2D eigenvalue weighted by molar-refractivity contribution is 6.31. The lowest BCUT2D eigenvalue weighted by atomic mass is 9.95. The summed E-state index contributed by atoms with van der Waals surface area (Å²) in [5, 5.41) is 6.60. The predicted molar refractivity (Wildman–Crippen MR) is 72.2 cm³/mol. The molecule has 1 aliphatic rings. The van der Waals surface area contributed by atoms with E-state index in [0.717, 1.165) is 22.7 Å². The summed E-state index contributed by atoms with van der Waals surface area (Å²) in [7, 11) is 1.99. The van der Waals surface area contributed by atoms with Crippen LogP contribution in [0, 0.1) is 0 Å². The highest BCUT2D eigenvalue weighted by Crippen LogP contribution is 2.32. The first-order chi connectivity index (χ1) is 8.25. The SMILES string of the molecule is Cn1nc(C2=CCCCC2)c2cc(Cl)ccc21. The quantitative estimate of drug-likeness (QED) is 0.738. The van der Waals surface area contributed by atoms with Gasteiger partial charge in [0.05, 0.1) is 11.2 Å². The van der Waals surface area contributed by atoms with Crippen molar-refractivity contribution in [3.05, 3.63) is 35.0 Å². The van der Waals surface area contributed by atoms with Crippen LogP contribution in [0.2, 0.25) is 5.02 Å². The molecule has 0 saturated carbocycles. The van der Waals surface area contributed by atoms with Gasteiger partial charge in [0.15, 0.2) is 0 Å². The van der Waals surface area contributed by atoms with Crippen LogP contribution in [0.1, 0.15) is 31.4 Å². The van der Waals surface area contributed by atoms with Gasteiger partial charge in [-0.25, -0.2) is 0 Å². The van der Waals surface area contributed by atoms with E-state index >= 15 is 0 Å². The molecule has 1 heterocycles. The van der Waals surface area contributed by atoms with Crippen molar-refractivity contribution < 1.29 is 0 Å². The smallest absolute Gasteiger partial charge is 0.0958 e. The Kier molecular flexibility index (Phi) is 2.67. The van der Waals surface area contributed by atoms with Crippen molar-refractivity contribution in [2.24, 2.45) is 7.05 Å². The van der Waals surface area contributed by atoms with E-state index in [4.69, 9.17) is 11.6 Å². The number of fused-ring (bicyclic) bond motifs is 1. The van der Waals surface area contributed by atoms with Gasteiger partial charge in [0, 0.05) is 17.5 Å². The van der Waals surface area contributed by atoms with Crippen LogP contribution in [-0.4, -0.2) is 9.78 Å². The Morgan fingerprint density at radius 1 is 1.29 bits per heavy atom. The highest BCUT2D eigenvalue weighted by Gasteiger charge is 2.14. The normalized spacial score (nSPS) is 16.2. The Morgan fingerprint density at radius 2 is 2.18 bits per heavy atom. The topological polar surface area (TPSA) is 17.8 Å². The van der Waals surface area contributed by atoms with E-state index in [9.17, 15) is 0 Å². The first-order valence-corrected chi connectivity index (χ1v) is 6.45. The number of rotatable bonds is 1. The second-order valence-electron chi connectivity index (χ2n) is 4.61. The van der Waals surface area contributed by atoms with Crippen LogP contribution in [0.25, 0.3) is 16.5 Å². The number of allylic oxidation sites excluding steroid dienone is 2. The second kappa shape index (κ2) is 4.19. The van der Waals surface area contributed by atoms with Gasteiger partial charge < -0.3 is 0 Å². The molecular formula is C14H15ClN2. The first-order valence-electron chi connectivity index (χ1n) is 6.07. The standard InChI is InChI=1S/C14H15ClN2/c1-17-13-8-7-11(15)9-12(13)14(16-17)10-5-3-2-4-6-10/h5,7-9H,2-4,6H2,1H3. The maximum Gasteiger partial charge on any atom is 0.0958 e. The van der Waals surface area contributed by atoms with Crippen molar-refractivity contribution in [1.29, 1.82) is 0 Å². The largest absolute Gasteiger partial charge is 0.267 e. The molecule has 0 fully saturated rings. The summed E-state index contributed by atoms with van der Waals surface area (Å²) >= 11 is 6.08. The molecule has 1 aromatic carbocycles. The molecule has 0 N–H and O–H groups in total. The number of aryl methyl sites for hydroxylation is 1. The number of hydrogen-bond donors (Lipinski definition) is 0. The zero-order chi connectivity index (χ0) is 11.8. The Bertz CT molecular complexity index is 596. The highest BCUT2D eigenvalue weighted by atomic mass is 35.5. The van der Waals surface area contributed by atoms with Crippen LogP contribution in [-0.2, 0) is 7.05 Å². The lowest BCUT2D eigenvalue weighted by Gasteiger charge is -2.10. The molecule has 1 aliphatic carbocycles. The van der Waals surface area contributed by atoms with E-state index in [1.54, 1.807) is 0 Å². The zero-order valence-electron chi connectivity index (χ0n) is 9.91. The molecule has 3 heteroatoms. The maximum absolute atomic E-state index is 6.08. The van der Waals surface area contributed by atoms with Crippen molar-refractivity contribution in [3.8, 4) is 0 Å². The van der Waals surface area contributed by atoms with Crippen LogP contribution in [0.3, 0.4) is 0 Å². The van der Waals surface area contributed by atoms with Gasteiger partial charge in [-0.3, -0.25) is 4.68 Å². The minimum Gasteiger partial charge on any atom is -0.267 e. The van der Waals surface area contributed by atoms with E-state index in [1.807, 2.05) is 29.9 Å². The van der Waals surface area contributed by atoms with E-state index in [-0.39, 0.29) is 0 Å². The van der Waals surface area contributed by atoms with Gasteiger partial charge in [-0.15, -0.1) is 0 Å². The van der Waals surface area contributed by atoms with Gasteiger partial charge in [0.2, 0.25) is 0 Å². The van der Waals surface area contributed by atoms with Crippen molar-refractivity contribution in [3.63, 3.8) is 0 Å². The van der Waals surface area contributed by atoms with Crippen LogP contribution in [0.15, 0.2) is 24.3 Å². The Morgan fingerprint density at radius 3 is 2.94 bits per heavy atom. The molecule has 0 atom stereocenters. The molecule has 2 nitrogen and oxygen atoms in total. The Balaban J connectivity index is 2.22. The summed E-state index contributed by atoms with van der Waals surface area (Å²) < 4.78 is 1.94. The third kappa shape index (κ3) is 1.87. The van der Waals surface area contributed by atoms with Gasteiger partial charge in [-0.1, -0.05) is 17.7 Å². The molecule has 0 amide bonds. The number of nitrogens with zero attached hydrogens (tertiary/aromatic N) is 2. The minimum atomic E-state index is 0.781. The first kappa shape index (κ1) is 10.8. The Hall–Kier alpha value is -1.28. The molecule has 2 aromatic rings. The fourth-order valence-corrected chi connectivity index (χ4v) is 2.70. The maximum atomic E-state index is 6.08. The summed E-state index contributed by atoms with van der Waals surface area (Å²) in [6.45, 7) is 0. The van der Waals surface area contributed by atoms with Gasteiger partial charge in [0.25, 0.3) is 0 Å². The fourth-order valence-electron chi connectivity index (χ4n) is 2.53. The van der Waals surface area contributed by atoms with Crippen molar-refractivity contribution in [2.75, 3.05) is 0 Å². The van der Waals surface area contributed by atoms with Gasteiger partial charge in [-0.05, 0) is 49.5 Å². The minimum absolute atomic E-state index is 0.781. The van der Waals surface area contributed by atoms with Gasteiger partial charge in [0.1, 0.15) is 0 Å². The lowest BCUT2D eigenvalue weighted by molar-refractivity contribution is 0.732. The molecule has 17 heavy (non-hydrogen) atoms. The molecule has 0 radical (unpaired) electrons. The fraction of sp³-hybridized carbons (Fsp3) is 0.357. The molecule has 0 bridgehead atoms. The molecule has 3 rings (SSSR count). The summed E-state index contributed by atoms with van der Waals surface area (Å²) in [6, 6.07) is 5.98. The molecule has 1 aromatic heterocycles. The molecule has 0 saturated heterocycles. The Labute approximate surface area is 106 Å². The number of benzene rings is 1. The number of aromatic nitrogens is 2. The predicted octanol–water partition coefficient (Wildman–Crippen LogP) is 4.18. The molecule has 0 unspecified atom stereocenters. The summed E-state index contributed by atoms with van der Waals surface area (Å²) in [5.74, 6) is 0. The lowest BCUT2D eigenvalue weighted by Crippen LogP contribution is -1.95. The third-order valence-corrected chi connectivity index (χ3v) is 3.64. The van der Waals surface area contributed by atoms with E-state index in [0.29, 0.717) is 0 Å². The van der Waals surface area contributed by atoms with E-state index in [2.05, 4.69) is 11.2 Å². The number of hydrogen-bond acceptors (Lipinski definition) is 1. The van der Waals surface area contributed by atoms with Crippen LogP contribution in [0.4, 0.5) is 0 Å². The second-order valence-corrected chi connectivity index (χ2v) is 5.05. The zero-order valence-corrected chi connectivity index (χ0v) is 10.7. The number of halogens is 1. The van der Waals surface area contributed by atoms with Crippen LogP contribution in [0.5, 0.6) is 0 Å². The molecular weight excluding hydrogens is 232 g/mol. The monoisotopic (exact) mass is 246 g/mol. The van der Waals surface area contributed by atoms with Gasteiger partial charge in [-0.2, -0.15) is 5.10 Å².